The number of ketones is 1. The fourth-order valence-electron chi connectivity index (χ4n) is 4.62. The highest BCUT2D eigenvalue weighted by atomic mass is 28.4. The number of Topliss-reactive ketones (excluding diaryl/α,β-unsaturated/α-hetero) is 1. The standard InChI is InChI=1S/C26H44O2Si/c1-17(2)22-16-21-15-14-18(3)12-11-13-19(4)25(23(22)24(27)20(21)5)28-29(9,10)26(6,7)8/h13-14,20-23,25H,1,11-12,15-16H2,2-10H3/b18-14+,19-13+/t20-,21?,22-,23-,25+/m1/s1. The Bertz CT molecular complexity index is 692. The number of hydrogen-bond acceptors (Lipinski definition) is 2. The van der Waals surface area contributed by atoms with Crippen molar-refractivity contribution in [1.82, 2.24) is 0 Å². The molecule has 0 amide bonds. The highest BCUT2D eigenvalue weighted by Gasteiger charge is 2.49. The summed E-state index contributed by atoms with van der Waals surface area (Å²) in [4.78, 5) is 13.8. The Balaban J connectivity index is 2.58. The van der Waals surface area contributed by atoms with Crippen LogP contribution in [0, 0.1) is 23.7 Å². The molecule has 0 aromatic carbocycles. The second kappa shape index (κ2) is 9.06. The first-order chi connectivity index (χ1) is 13.3. The molecule has 3 rings (SSSR count). The van der Waals surface area contributed by atoms with E-state index in [4.69, 9.17) is 4.43 Å². The molecule has 0 spiro atoms. The third-order valence-electron chi connectivity index (χ3n) is 7.88. The number of carbonyl (C=O) groups is 1. The molecule has 0 saturated heterocycles. The molecule has 0 heterocycles. The van der Waals surface area contributed by atoms with E-state index in [9.17, 15) is 4.79 Å². The number of rotatable bonds is 3. The Labute approximate surface area is 181 Å². The van der Waals surface area contributed by atoms with Gasteiger partial charge in [0.05, 0.1) is 12.0 Å². The molecule has 1 saturated carbocycles. The van der Waals surface area contributed by atoms with Gasteiger partial charge in [-0.1, -0.05) is 57.6 Å². The molecule has 3 aliphatic carbocycles. The minimum Gasteiger partial charge on any atom is -0.410 e. The summed E-state index contributed by atoms with van der Waals surface area (Å²) in [6.45, 7) is 24.4. The Kier molecular flexibility index (Phi) is 7.60. The molecule has 5 atom stereocenters. The average Bonchev–Trinajstić information content (AvgIpc) is 2.59. The molecule has 29 heavy (non-hydrogen) atoms. The van der Waals surface area contributed by atoms with Gasteiger partial charge in [-0.3, -0.25) is 4.79 Å². The van der Waals surface area contributed by atoms with Crippen molar-refractivity contribution in [2.75, 3.05) is 0 Å². The average molecular weight is 417 g/mol. The van der Waals surface area contributed by atoms with E-state index in [1.54, 1.807) is 0 Å². The molecule has 0 N–H and O–H groups in total. The smallest absolute Gasteiger partial charge is 0.192 e. The van der Waals surface area contributed by atoms with Crippen molar-refractivity contribution in [3.63, 3.8) is 0 Å². The summed E-state index contributed by atoms with van der Waals surface area (Å²) < 4.78 is 7.01. The summed E-state index contributed by atoms with van der Waals surface area (Å²) in [6.07, 6.45) is 8.73. The minimum absolute atomic E-state index is 0.0809. The van der Waals surface area contributed by atoms with Crippen LogP contribution in [0.3, 0.4) is 0 Å². The lowest BCUT2D eigenvalue weighted by Gasteiger charge is -2.47. The maximum atomic E-state index is 13.8. The fraction of sp³-hybridized carbons (Fsp3) is 0.731. The van der Waals surface area contributed by atoms with Crippen LogP contribution in [0.25, 0.3) is 0 Å². The van der Waals surface area contributed by atoms with Crippen LogP contribution in [-0.4, -0.2) is 20.2 Å². The van der Waals surface area contributed by atoms with Crippen molar-refractivity contribution < 1.29 is 9.22 Å². The van der Waals surface area contributed by atoms with Crippen molar-refractivity contribution >= 4 is 14.1 Å². The molecule has 3 aliphatic rings. The number of fused-ring (bicyclic) bond motifs is 7. The first-order valence-corrected chi connectivity index (χ1v) is 14.4. The molecule has 2 nitrogen and oxygen atoms in total. The minimum atomic E-state index is -2.03. The molecule has 2 bridgehead atoms. The van der Waals surface area contributed by atoms with Crippen molar-refractivity contribution in [3.8, 4) is 0 Å². The summed E-state index contributed by atoms with van der Waals surface area (Å²) >= 11 is 0. The zero-order chi connectivity index (χ0) is 22.1. The highest BCUT2D eigenvalue weighted by Crippen LogP contribution is 2.46. The second-order valence-electron chi connectivity index (χ2n) is 11.2. The first-order valence-electron chi connectivity index (χ1n) is 11.5. The van der Waals surface area contributed by atoms with Gasteiger partial charge < -0.3 is 4.43 Å². The summed E-state index contributed by atoms with van der Waals surface area (Å²) in [5.74, 6) is 0.978. The fourth-order valence-corrected chi connectivity index (χ4v) is 5.94. The number of carbonyl (C=O) groups excluding carboxylic acids is 1. The molecule has 0 aromatic rings. The summed E-state index contributed by atoms with van der Waals surface area (Å²) in [6, 6.07) is 0. The lowest BCUT2D eigenvalue weighted by atomic mass is 9.62. The van der Waals surface area contributed by atoms with Crippen LogP contribution in [0.5, 0.6) is 0 Å². The second-order valence-corrected chi connectivity index (χ2v) is 16.0. The SMILES string of the molecule is C=C(C)[C@H]1CC2C/C=C(\C)CC/C=C(\C)[C@H](O[Si](C)(C)C(C)(C)C)[C@H]1C(=O)[C@@H]2C. The Morgan fingerprint density at radius 2 is 1.83 bits per heavy atom. The summed E-state index contributed by atoms with van der Waals surface area (Å²) in [7, 11) is -2.03. The maximum Gasteiger partial charge on any atom is 0.192 e. The van der Waals surface area contributed by atoms with E-state index in [-0.39, 0.29) is 28.9 Å². The van der Waals surface area contributed by atoms with Gasteiger partial charge in [0.15, 0.2) is 8.32 Å². The van der Waals surface area contributed by atoms with Crippen LogP contribution in [0.1, 0.15) is 74.1 Å². The molecule has 3 heteroatoms. The molecule has 0 aromatic heterocycles. The molecular weight excluding hydrogens is 372 g/mol. The molecule has 1 fully saturated rings. The third kappa shape index (κ3) is 5.41. The van der Waals surface area contributed by atoms with Gasteiger partial charge in [-0.25, -0.2) is 0 Å². The topological polar surface area (TPSA) is 26.3 Å². The van der Waals surface area contributed by atoms with Gasteiger partial charge in [-0.15, -0.1) is 0 Å². The Morgan fingerprint density at radius 3 is 2.38 bits per heavy atom. The van der Waals surface area contributed by atoms with Crippen LogP contribution >= 0.6 is 0 Å². The monoisotopic (exact) mass is 416 g/mol. The van der Waals surface area contributed by atoms with Gasteiger partial charge in [-0.05, 0) is 82.0 Å². The van der Waals surface area contributed by atoms with E-state index >= 15 is 0 Å². The zero-order valence-electron chi connectivity index (χ0n) is 20.4. The van der Waals surface area contributed by atoms with Crippen LogP contribution in [-0.2, 0) is 9.22 Å². The molecule has 164 valence electrons. The van der Waals surface area contributed by atoms with E-state index in [0.717, 1.165) is 31.3 Å². The molecule has 1 unspecified atom stereocenters. The van der Waals surface area contributed by atoms with E-state index < -0.39 is 8.32 Å². The predicted octanol–water partition coefficient (Wildman–Crippen LogP) is 7.49. The van der Waals surface area contributed by atoms with Gasteiger partial charge in [-0.2, -0.15) is 0 Å². The summed E-state index contributed by atoms with van der Waals surface area (Å²) in [5.41, 5.74) is 3.80. The zero-order valence-corrected chi connectivity index (χ0v) is 21.4. The van der Waals surface area contributed by atoms with E-state index in [1.165, 1.54) is 11.1 Å². The lowest BCUT2D eigenvalue weighted by Crippen LogP contribution is -2.52. The molecule has 0 radical (unpaired) electrons. The van der Waals surface area contributed by atoms with Gasteiger partial charge in [0.2, 0.25) is 0 Å². The van der Waals surface area contributed by atoms with Gasteiger partial charge >= 0.3 is 0 Å². The van der Waals surface area contributed by atoms with E-state index in [1.807, 2.05) is 0 Å². The third-order valence-corrected chi connectivity index (χ3v) is 12.3. The highest BCUT2D eigenvalue weighted by molar-refractivity contribution is 6.74. The van der Waals surface area contributed by atoms with Crippen molar-refractivity contribution in [3.05, 3.63) is 35.5 Å². The van der Waals surface area contributed by atoms with Crippen LogP contribution in [0.15, 0.2) is 35.5 Å². The largest absolute Gasteiger partial charge is 0.410 e. The lowest BCUT2D eigenvalue weighted by molar-refractivity contribution is -0.136. The molecular formula is C26H44O2Si. The Morgan fingerprint density at radius 1 is 1.21 bits per heavy atom. The van der Waals surface area contributed by atoms with Crippen LogP contribution < -0.4 is 0 Å². The van der Waals surface area contributed by atoms with E-state index in [0.29, 0.717) is 11.7 Å². The maximum absolute atomic E-state index is 13.8. The summed E-state index contributed by atoms with van der Waals surface area (Å²) in [5, 5.41) is 0.112. The van der Waals surface area contributed by atoms with Crippen molar-refractivity contribution in [2.24, 2.45) is 23.7 Å². The van der Waals surface area contributed by atoms with Crippen molar-refractivity contribution in [1.29, 1.82) is 0 Å². The Hall–Kier alpha value is -0.933. The molecule has 0 aliphatic heterocycles. The normalized spacial score (nSPS) is 35.8. The van der Waals surface area contributed by atoms with Crippen molar-refractivity contribution in [2.45, 2.75) is 98.4 Å². The van der Waals surface area contributed by atoms with Gasteiger partial charge in [0.25, 0.3) is 0 Å². The predicted molar refractivity (Wildman–Crippen MR) is 128 cm³/mol. The number of hydrogen-bond donors (Lipinski definition) is 0. The number of allylic oxidation sites excluding steroid dienone is 4. The first kappa shape index (κ1) is 24.3. The van der Waals surface area contributed by atoms with Crippen LogP contribution in [0.4, 0.5) is 0 Å². The van der Waals surface area contributed by atoms with Crippen LogP contribution in [0.2, 0.25) is 18.1 Å². The van der Waals surface area contributed by atoms with E-state index in [2.05, 4.69) is 80.3 Å². The van der Waals surface area contributed by atoms with Gasteiger partial charge in [0, 0.05) is 5.92 Å². The van der Waals surface area contributed by atoms with Gasteiger partial charge in [0.1, 0.15) is 5.78 Å². The quantitative estimate of drug-likeness (QED) is 0.352.